The van der Waals surface area contributed by atoms with E-state index in [9.17, 15) is 5.11 Å². The van der Waals surface area contributed by atoms with Crippen LogP contribution in [-0.2, 0) is 13.1 Å². The van der Waals surface area contributed by atoms with Crippen molar-refractivity contribution in [2.75, 3.05) is 13.2 Å². The van der Waals surface area contributed by atoms with Crippen LogP contribution >= 0.6 is 27.5 Å². The van der Waals surface area contributed by atoms with Crippen molar-refractivity contribution in [3.8, 4) is 5.75 Å². The van der Waals surface area contributed by atoms with Gasteiger partial charge in [-0.2, -0.15) is 0 Å². The van der Waals surface area contributed by atoms with Gasteiger partial charge in [0.25, 0.3) is 0 Å². The van der Waals surface area contributed by atoms with Crippen molar-refractivity contribution in [1.82, 2.24) is 4.90 Å². The summed E-state index contributed by atoms with van der Waals surface area (Å²) in [6, 6.07) is 19.1. The van der Waals surface area contributed by atoms with E-state index < -0.39 is 6.10 Å². The van der Waals surface area contributed by atoms with Gasteiger partial charge in [0.05, 0.1) is 17.3 Å². The predicted molar refractivity (Wildman–Crippen MR) is 110 cm³/mol. The van der Waals surface area contributed by atoms with Gasteiger partial charge in [0.1, 0.15) is 24.2 Å². The van der Waals surface area contributed by atoms with Crippen molar-refractivity contribution < 1.29 is 14.3 Å². The lowest BCUT2D eigenvalue weighted by Gasteiger charge is -2.25. The fraction of sp³-hybridized carbons (Fsp3) is 0.238. The number of nitrogens with zero attached hydrogens (tertiary/aromatic N) is 1. The standard InChI is InChI=1S/C21H21BrClNO3/c22-19-8-2-4-10-21(19)27-15-17(25)13-24(14-18-7-5-11-26-18)12-16-6-1-3-9-20(16)23/h1-11,17,25H,12-15H2. The van der Waals surface area contributed by atoms with Gasteiger partial charge in [-0.05, 0) is 51.8 Å². The topological polar surface area (TPSA) is 45.8 Å². The minimum Gasteiger partial charge on any atom is -0.490 e. The van der Waals surface area contributed by atoms with Crippen LogP contribution < -0.4 is 4.74 Å². The van der Waals surface area contributed by atoms with Crippen LogP contribution in [0.4, 0.5) is 0 Å². The molecule has 1 heterocycles. The molecule has 27 heavy (non-hydrogen) atoms. The highest BCUT2D eigenvalue weighted by Gasteiger charge is 2.16. The summed E-state index contributed by atoms with van der Waals surface area (Å²) in [4.78, 5) is 2.09. The Bertz CT molecular complexity index is 841. The van der Waals surface area contributed by atoms with E-state index >= 15 is 0 Å². The first-order chi connectivity index (χ1) is 13.1. The second kappa shape index (κ2) is 9.95. The molecule has 6 heteroatoms. The SMILES string of the molecule is OC(COc1ccccc1Br)CN(Cc1ccco1)Cc1ccccc1Cl. The number of rotatable bonds is 9. The van der Waals surface area contributed by atoms with Gasteiger partial charge in [-0.25, -0.2) is 0 Å². The minimum absolute atomic E-state index is 0.194. The predicted octanol–water partition coefficient (Wildman–Crippen LogP) is 5.14. The van der Waals surface area contributed by atoms with Gasteiger partial charge in [0, 0.05) is 18.1 Å². The Balaban J connectivity index is 1.63. The molecule has 1 aromatic heterocycles. The summed E-state index contributed by atoms with van der Waals surface area (Å²) in [5, 5.41) is 11.2. The van der Waals surface area contributed by atoms with Gasteiger partial charge in [0.15, 0.2) is 0 Å². The van der Waals surface area contributed by atoms with Gasteiger partial charge < -0.3 is 14.3 Å². The summed E-state index contributed by atoms with van der Waals surface area (Å²) in [6.45, 7) is 1.80. The molecule has 0 fully saturated rings. The summed E-state index contributed by atoms with van der Waals surface area (Å²) < 4.78 is 12.1. The van der Waals surface area contributed by atoms with Gasteiger partial charge in [-0.3, -0.25) is 4.90 Å². The number of hydrogen-bond acceptors (Lipinski definition) is 4. The molecule has 0 saturated heterocycles. The van der Waals surface area contributed by atoms with Crippen LogP contribution in [0.5, 0.6) is 5.75 Å². The quantitative estimate of drug-likeness (QED) is 0.490. The molecule has 142 valence electrons. The summed E-state index contributed by atoms with van der Waals surface area (Å²) in [5.74, 6) is 1.54. The first-order valence-electron chi connectivity index (χ1n) is 8.65. The smallest absolute Gasteiger partial charge is 0.133 e. The number of aliphatic hydroxyl groups is 1. The third-order valence-electron chi connectivity index (χ3n) is 4.05. The zero-order valence-corrected chi connectivity index (χ0v) is 17.1. The Kier molecular flexibility index (Phi) is 7.35. The largest absolute Gasteiger partial charge is 0.490 e. The molecule has 1 atom stereocenters. The number of furan rings is 1. The van der Waals surface area contributed by atoms with E-state index in [1.165, 1.54) is 0 Å². The maximum absolute atomic E-state index is 10.5. The molecule has 0 bridgehead atoms. The number of ether oxygens (including phenoxy) is 1. The van der Waals surface area contributed by atoms with Crippen LogP contribution in [0.15, 0.2) is 75.8 Å². The average molecular weight is 451 g/mol. The van der Waals surface area contributed by atoms with E-state index in [0.29, 0.717) is 30.4 Å². The maximum Gasteiger partial charge on any atom is 0.133 e. The van der Waals surface area contributed by atoms with E-state index in [0.717, 1.165) is 15.8 Å². The molecule has 1 unspecified atom stereocenters. The Morgan fingerprint density at radius 2 is 1.81 bits per heavy atom. The summed E-state index contributed by atoms with van der Waals surface area (Å²) in [6.07, 6.45) is 0.990. The summed E-state index contributed by atoms with van der Waals surface area (Å²) >= 11 is 9.75. The zero-order valence-electron chi connectivity index (χ0n) is 14.7. The van der Waals surface area contributed by atoms with Crippen LogP contribution in [-0.4, -0.2) is 29.3 Å². The molecule has 0 aliphatic heterocycles. The van der Waals surface area contributed by atoms with Crippen LogP contribution in [0.3, 0.4) is 0 Å². The fourth-order valence-corrected chi connectivity index (χ4v) is 3.37. The molecule has 4 nitrogen and oxygen atoms in total. The molecule has 0 spiro atoms. The molecule has 1 N–H and O–H groups in total. The van der Waals surface area contributed by atoms with Crippen LogP contribution in [0.1, 0.15) is 11.3 Å². The molecule has 3 aromatic rings. The Hall–Kier alpha value is -1.79. The van der Waals surface area contributed by atoms with Crippen LogP contribution in [0.25, 0.3) is 0 Å². The number of aliphatic hydroxyl groups excluding tert-OH is 1. The molecule has 3 rings (SSSR count). The maximum atomic E-state index is 10.5. The third kappa shape index (κ3) is 6.11. The molecule has 0 amide bonds. The minimum atomic E-state index is -0.658. The zero-order chi connectivity index (χ0) is 19.1. The van der Waals surface area contributed by atoms with Crippen molar-refractivity contribution in [3.05, 3.63) is 87.7 Å². The number of halogens is 2. The number of para-hydroxylation sites is 1. The first kappa shape index (κ1) is 20.0. The van der Waals surface area contributed by atoms with Gasteiger partial charge in [0.2, 0.25) is 0 Å². The van der Waals surface area contributed by atoms with Gasteiger partial charge in [-0.1, -0.05) is 41.9 Å². The summed E-state index contributed by atoms with van der Waals surface area (Å²) in [7, 11) is 0. The molecule has 2 aromatic carbocycles. The highest BCUT2D eigenvalue weighted by molar-refractivity contribution is 9.10. The van der Waals surface area contributed by atoms with Crippen molar-refractivity contribution >= 4 is 27.5 Å². The third-order valence-corrected chi connectivity index (χ3v) is 5.07. The lowest BCUT2D eigenvalue weighted by Crippen LogP contribution is -2.35. The molecule has 0 aliphatic rings. The van der Waals surface area contributed by atoms with E-state index in [-0.39, 0.29) is 6.61 Å². The average Bonchev–Trinajstić information content (AvgIpc) is 3.16. The fourth-order valence-electron chi connectivity index (χ4n) is 2.77. The van der Waals surface area contributed by atoms with Crippen molar-refractivity contribution in [3.63, 3.8) is 0 Å². The van der Waals surface area contributed by atoms with E-state index in [4.69, 9.17) is 20.8 Å². The van der Waals surface area contributed by atoms with Crippen molar-refractivity contribution in [2.24, 2.45) is 0 Å². The Morgan fingerprint density at radius 1 is 1.04 bits per heavy atom. The summed E-state index contributed by atoms with van der Waals surface area (Å²) in [5.41, 5.74) is 1.00. The normalized spacial score (nSPS) is 12.3. The molecular formula is C21H21BrClNO3. The van der Waals surface area contributed by atoms with E-state index in [1.807, 2.05) is 60.7 Å². The first-order valence-corrected chi connectivity index (χ1v) is 9.82. The van der Waals surface area contributed by atoms with Crippen molar-refractivity contribution in [2.45, 2.75) is 19.2 Å². The Labute approximate surface area is 172 Å². The second-order valence-electron chi connectivity index (χ2n) is 6.24. The van der Waals surface area contributed by atoms with Gasteiger partial charge >= 0.3 is 0 Å². The molecular weight excluding hydrogens is 430 g/mol. The van der Waals surface area contributed by atoms with Crippen LogP contribution in [0.2, 0.25) is 5.02 Å². The Morgan fingerprint density at radius 3 is 2.56 bits per heavy atom. The van der Waals surface area contributed by atoms with Gasteiger partial charge in [-0.15, -0.1) is 0 Å². The van der Waals surface area contributed by atoms with E-state index in [2.05, 4.69) is 20.8 Å². The van der Waals surface area contributed by atoms with E-state index in [1.54, 1.807) is 6.26 Å². The number of benzene rings is 2. The van der Waals surface area contributed by atoms with Crippen molar-refractivity contribution in [1.29, 1.82) is 0 Å². The lowest BCUT2D eigenvalue weighted by molar-refractivity contribution is 0.0602. The highest BCUT2D eigenvalue weighted by Crippen LogP contribution is 2.24. The highest BCUT2D eigenvalue weighted by atomic mass is 79.9. The molecule has 0 radical (unpaired) electrons. The molecule has 0 saturated carbocycles. The molecule has 0 aliphatic carbocycles. The van der Waals surface area contributed by atoms with Crippen LogP contribution in [0, 0.1) is 0 Å². The second-order valence-corrected chi connectivity index (χ2v) is 7.50. The lowest BCUT2D eigenvalue weighted by atomic mass is 10.2. The monoisotopic (exact) mass is 449 g/mol. The number of hydrogen-bond donors (Lipinski definition) is 1.